The van der Waals surface area contributed by atoms with E-state index >= 15 is 0 Å². The van der Waals surface area contributed by atoms with Crippen LogP contribution in [0.5, 0.6) is 0 Å². The van der Waals surface area contributed by atoms with Crippen molar-refractivity contribution in [1.82, 2.24) is 0 Å². The molecule has 0 aliphatic heterocycles. The molecule has 5 atom stereocenters. The summed E-state index contributed by atoms with van der Waals surface area (Å²) < 4.78 is 0. The van der Waals surface area contributed by atoms with Gasteiger partial charge in [-0.05, 0) is 87.2 Å². The highest BCUT2D eigenvalue weighted by Gasteiger charge is 2.32. The van der Waals surface area contributed by atoms with Crippen molar-refractivity contribution in [2.45, 2.75) is 135 Å². The van der Waals surface area contributed by atoms with Crippen LogP contribution in [0.2, 0.25) is 0 Å². The van der Waals surface area contributed by atoms with E-state index in [0.717, 1.165) is 56.8 Å². The van der Waals surface area contributed by atoms with Crippen molar-refractivity contribution < 1.29 is 9.59 Å². The smallest absolute Gasteiger partial charge is 0.135 e. The number of aryl methyl sites for hydroxylation is 1. The van der Waals surface area contributed by atoms with Gasteiger partial charge >= 0.3 is 0 Å². The molecule has 4 rings (SSSR count). The van der Waals surface area contributed by atoms with Crippen molar-refractivity contribution in [2.24, 2.45) is 23.7 Å². The molecule has 0 heterocycles. The number of carbonyl (C=O) groups is 2. The minimum absolute atomic E-state index is 0.256. The van der Waals surface area contributed by atoms with E-state index in [1.54, 1.807) is 0 Å². The quantitative estimate of drug-likeness (QED) is 0.349. The Balaban J connectivity index is 1.17. The number of benzene rings is 1. The molecule has 0 N–H and O–H groups in total. The Bertz CT molecular complexity index is 811. The van der Waals surface area contributed by atoms with Crippen LogP contribution in [-0.4, -0.2) is 11.6 Å². The van der Waals surface area contributed by atoms with Crippen LogP contribution in [0.4, 0.5) is 0 Å². The molecular weight excluding hydrogens is 428 g/mol. The molecule has 0 bridgehead atoms. The van der Waals surface area contributed by atoms with Crippen LogP contribution in [0.15, 0.2) is 24.3 Å². The molecule has 1 aromatic carbocycles. The van der Waals surface area contributed by atoms with Gasteiger partial charge in [0.05, 0.1) is 0 Å². The maximum Gasteiger partial charge on any atom is 0.135 e. The molecule has 0 spiro atoms. The minimum atomic E-state index is 0.256. The van der Waals surface area contributed by atoms with Gasteiger partial charge in [0, 0.05) is 24.7 Å². The molecule has 35 heavy (non-hydrogen) atoms. The Morgan fingerprint density at radius 1 is 0.657 bits per heavy atom. The van der Waals surface area contributed by atoms with Crippen LogP contribution in [0.3, 0.4) is 0 Å². The molecule has 194 valence electrons. The van der Waals surface area contributed by atoms with E-state index in [2.05, 4.69) is 31.2 Å². The first-order chi connectivity index (χ1) is 17.1. The third-order valence-electron chi connectivity index (χ3n) is 9.88. The van der Waals surface area contributed by atoms with Crippen molar-refractivity contribution >= 4 is 11.6 Å². The maximum atomic E-state index is 13.0. The van der Waals surface area contributed by atoms with Crippen LogP contribution in [0.25, 0.3) is 0 Å². The molecular formula is C33H50O2. The van der Waals surface area contributed by atoms with E-state index < -0.39 is 0 Å². The number of hydrogen-bond donors (Lipinski definition) is 0. The number of Topliss-reactive ketones (excluding diaryl/α,β-unsaturated/α-hetero) is 2. The Hall–Kier alpha value is -1.44. The zero-order valence-corrected chi connectivity index (χ0v) is 22.4. The molecule has 2 nitrogen and oxygen atoms in total. The van der Waals surface area contributed by atoms with Crippen molar-refractivity contribution in [3.63, 3.8) is 0 Å². The molecule has 0 aromatic heterocycles. The fourth-order valence-corrected chi connectivity index (χ4v) is 7.74. The lowest BCUT2D eigenvalue weighted by atomic mass is 9.75. The first-order valence-corrected chi connectivity index (χ1v) is 15.2. The van der Waals surface area contributed by atoms with Crippen molar-refractivity contribution in [1.29, 1.82) is 0 Å². The summed E-state index contributed by atoms with van der Waals surface area (Å²) in [5.74, 6) is 3.93. The lowest BCUT2D eigenvalue weighted by molar-refractivity contribution is -0.125. The second kappa shape index (κ2) is 13.8. The molecule has 0 radical (unpaired) electrons. The Morgan fingerprint density at radius 3 is 2.00 bits per heavy atom. The average molecular weight is 479 g/mol. The highest BCUT2D eigenvalue weighted by Crippen LogP contribution is 2.41. The number of ketones is 2. The van der Waals surface area contributed by atoms with Gasteiger partial charge in [-0.15, -0.1) is 0 Å². The standard InChI is InChI=1S/C33H50O2/c1-25-12-2-7-21-31(25)27-14-4-5-15-28(19-11-18-27)32(34)22-8-9-23-33(35)30-20-10-17-26-13-3-6-16-29(26)24-30/h2,7,12,21,26-30H,3-6,8-11,13-20,22-24H2,1H3. The summed E-state index contributed by atoms with van der Waals surface area (Å²) in [5, 5.41) is 0. The number of rotatable bonds is 8. The number of fused-ring (bicyclic) bond motifs is 1. The van der Waals surface area contributed by atoms with E-state index in [1.807, 2.05) is 0 Å². The third kappa shape index (κ3) is 7.77. The van der Waals surface area contributed by atoms with Gasteiger partial charge in [0.1, 0.15) is 11.6 Å². The molecule has 3 saturated carbocycles. The van der Waals surface area contributed by atoms with Crippen LogP contribution < -0.4 is 0 Å². The van der Waals surface area contributed by atoms with Crippen molar-refractivity contribution in [3.05, 3.63) is 35.4 Å². The van der Waals surface area contributed by atoms with Gasteiger partial charge in [0.2, 0.25) is 0 Å². The summed E-state index contributed by atoms with van der Waals surface area (Å²) in [4.78, 5) is 26.0. The van der Waals surface area contributed by atoms with E-state index in [1.165, 1.54) is 75.3 Å². The Kier molecular flexibility index (Phi) is 10.5. The van der Waals surface area contributed by atoms with Crippen molar-refractivity contribution in [3.8, 4) is 0 Å². The van der Waals surface area contributed by atoms with E-state index in [9.17, 15) is 9.59 Å². The Labute approximate surface area is 215 Å². The van der Waals surface area contributed by atoms with Crippen LogP contribution >= 0.6 is 0 Å². The summed E-state index contributed by atoms with van der Waals surface area (Å²) in [6.07, 6.45) is 21.8. The fraction of sp³-hybridized carbons (Fsp3) is 0.758. The molecule has 3 aliphatic rings. The van der Waals surface area contributed by atoms with Crippen LogP contribution in [0, 0.1) is 30.6 Å². The number of hydrogen-bond acceptors (Lipinski definition) is 2. The van der Waals surface area contributed by atoms with Gasteiger partial charge in [-0.2, -0.15) is 0 Å². The molecule has 3 fully saturated rings. The minimum Gasteiger partial charge on any atom is -0.299 e. The summed E-state index contributed by atoms with van der Waals surface area (Å²) in [6, 6.07) is 8.86. The molecule has 5 unspecified atom stereocenters. The summed E-state index contributed by atoms with van der Waals surface area (Å²) >= 11 is 0. The predicted molar refractivity (Wildman–Crippen MR) is 146 cm³/mol. The van der Waals surface area contributed by atoms with Gasteiger partial charge in [0.15, 0.2) is 0 Å². The van der Waals surface area contributed by atoms with Gasteiger partial charge < -0.3 is 0 Å². The van der Waals surface area contributed by atoms with E-state index in [-0.39, 0.29) is 5.92 Å². The second-order valence-corrected chi connectivity index (χ2v) is 12.3. The van der Waals surface area contributed by atoms with Crippen molar-refractivity contribution in [2.75, 3.05) is 0 Å². The molecule has 3 aliphatic carbocycles. The molecule has 1 aromatic rings. The number of unbranched alkanes of at least 4 members (excludes halogenated alkanes) is 1. The zero-order valence-electron chi connectivity index (χ0n) is 22.4. The Morgan fingerprint density at radius 2 is 1.20 bits per heavy atom. The zero-order chi connectivity index (χ0) is 24.5. The monoisotopic (exact) mass is 478 g/mol. The summed E-state index contributed by atoms with van der Waals surface area (Å²) in [5.41, 5.74) is 2.94. The largest absolute Gasteiger partial charge is 0.299 e. The summed E-state index contributed by atoms with van der Waals surface area (Å²) in [6.45, 7) is 2.24. The highest BCUT2D eigenvalue weighted by atomic mass is 16.1. The predicted octanol–water partition coefficient (Wildman–Crippen LogP) is 9.13. The lowest BCUT2D eigenvalue weighted by Gasteiger charge is -2.30. The SMILES string of the molecule is Cc1ccccc1C1CCCCC(C(=O)CCCCC(=O)C2CCCC3CCCCC3C2)CCC1. The first-order valence-electron chi connectivity index (χ1n) is 15.2. The maximum absolute atomic E-state index is 13.0. The van der Waals surface area contributed by atoms with Gasteiger partial charge in [-0.25, -0.2) is 0 Å². The van der Waals surface area contributed by atoms with Crippen LogP contribution in [-0.2, 0) is 9.59 Å². The van der Waals surface area contributed by atoms with Gasteiger partial charge in [0.25, 0.3) is 0 Å². The molecule has 2 heteroatoms. The number of carbonyl (C=O) groups excluding carboxylic acids is 2. The average Bonchev–Trinajstić information content (AvgIpc) is 3.00. The van der Waals surface area contributed by atoms with E-state index in [0.29, 0.717) is 36.2 Å². The molecule has 0 amide bonds. The van der Waals surface area contributed by atoms with Gasteiger partial charge in [-0.3, -0.25) is 9.59 Å². The summed E-state index contributed by atoms with van der Waals surface area (Å²) in [7, 11) is 0. The highest BCUT2D eigenvalue weighted by molar-refractivity contribution is 5.82. The second-order valence-electron chi connectivity index (χ2n) is 12.3. The third-order valence-corrected chi connectivity index (χ3v) is 9.88. The van der Waals surface area contributed by atoms with Gasteiger partial charge in [-0.1, -0.05) is 82.1 Å². The molecule has 0 saturated heterocycles. The topological polar surface area (TPSA) is 34.1 Å². The normalized spacial score (nSPS) is 30.3. The van der Waals surface area contributed by atoms with E-state index in [4.69, 9.17) is 0 Å². The first kappa shape index (κ1) is 26.6. The lowest BCUT2D eigenvalue weighted by Crippen LogP contribution is -2.22. The fourth-order valence-electron chi connectivity index (χ4n) is 7.74. The van der Waals surface area contributed by atoms with Crippen LogP contribution in [0.1, 0.15) is 139 Å².